The Hall–Kier alpha value is -2.90. The number of fused-ring (bicyclic) bond motifs is 1. The van der Waals surface area contributed by atoms with E-state index in [-0.39, 0.29) is 0 Å². The molecule has 1 atom stereocenters. The molecule has 0 radical (unpaired) electrons. The van der Waals surface area contributed by atoms with E-state index in [1.54, 1.807) is 18.9 Å². The molecule has 3 aromatic heterocycles. The first-order valence-electron chi connectivity index (χ1n) is 10.3. The summed E-state index contributed by atoms with van der Waals surface area (Å²) in [5.41, 5.74) is 3.64. The normalized spacial score (nSPS) is 17.9. The minimum Gasteiger partial charge on any atom is -0.468 e. The van der Waals surface area contributed by atoms with Crippen LogP contribution in [-0.2, 0) is 13.0 Å². The van der Waals surface area contributed by atoms with E-state index in [9.17, 15) is 0 Å². The van der Waals surface area contributed by atoms with Gasteiger partial charge in [0.05, 0.1) is 12.8 Å². The largest absolute Gasteiger partial charge is 0.468 e. The van der Waals surface area contributed by atoms with E-state index in [0.29, 0.717) is 6.04 Å². The maximum absolute atomic E-state index is 5.56. The van der Waals surface area contributed by atoms with Crippen LogP contribution in [0.4, 0.5) is 0 Å². The van der Waals surface area contributed by atoms with Crippen molar-refractivity contribution in [1.82, 2.24) is 30.0 Å². The van der Waals surface area contributed by atoms with Crippen LogP contribution in [0, 0.1) is 0 Å². The fourth-order valence-electron chi connectivity index (χ4n) is 4.29. The monoisotopic (exact) mass is 390 g/mol. The van der Waals surface area contributed by atoms with E-state index >= 15 is 0 Å². The Balaban J connectivity index is 1.25. The van der Waals surface area contributed by atoms with Crippen molar-refractivity contribution >= 4 is 10.9 Å². The first-order chi connectivity index (χ1) is 14.4. The fourth-order valence-corrected chi connectivity index (χ4v) is 4.29. The van der Waals surface area contributed by atoms with Crippen LogP contribution < -0.4 is 5.32 Å². The van der Waals surface area contributed by atoms with Crippen LogP contribution in [-0.4, -0.2) is 50.3 Å². The first kappa shape index (κ1) is 18.1. The number of aryl methyl sites for hydroxylation is 1. The number of benzene rings is 1. The third-order valence-electron chi connectivity index (χ3n) is 5.86. The predicted octanol–water partition coefficient (Wildman–Crippen LogP) is 3.14. The highest BCUT2D eigenvalue weighted by Crippen LogP contribution is 2.24. The average Bonchev–Trinajstić information content (AvgIpc) is 3.51. The molecule has 4 heterocycles. The molecule has 7 heteroatoms. The van der Waals surface area contributed by atoms with Crippen molar-refractivity contribution in [1.29, 1.82) is 0 Å². The first-order valence-corrected chi connectivity index (χ1v) is 10.3. The smallest absolute Gasteiger partial charge is 0.123 e. The Morgan fingerprint density at radius 2 is 2.10 bits per heavy atom. The van der Waals surface area contributed by atoms with Gasteiger partial charge < -0.3 is 14.7 Å². The molecule has 1 fully saturated rings. The van der Waals surface area contributed by atoms with Gasteiger partial charge in [-0.05, 0) is 55.2 Å². The molecule has 1 aliphatic rings. The zero-order valence-electron chi connectivity index (χ0n) is 16.4. The molecule has 0 bridgehead atoms. The number of H-pyrrole nitrogens is 1. The number of nitrogens with one attached hydrogen (secondary N) is 2. The number of piperazine rings is 1. The summed E-state index contributed by atoms with van der Waals surface area (Å²) in [4.78, 5) is 5.96. The van der Waals surface area contributed by atoms with E-state index in [0.717, 1.165) is 50.5 Å². The summed E-state index contributed by atoms with van der Waals surface area (Å²) in [5, 5.41) is 12.7. The molecule has 5 rings (SSSR count). The number of rotatable bonds is 7. The van der Waals surface area contributed by atoms with Crippen molar-refractivity contribution in [2.75, 3.05) is 19.6 Å². The van der Waals surface area contributed by atoms with Crippen molar-refractivity contribution in [3.63, 3.8) is 0 Å². The van der Waals surface area contributed by atoms with Gasteiger partial charge in [0, 0.05) is 48.5 Å². The van der Waals surface area contributed by atoms with E-state index in [4.69, 9.17) is 4.42 Å². The van der Waals surface area contributed by atoms with Crippen molar-refractivity contribution in [3.05, 3.63) is 66.8 Å². The Labute approximate surface area is 169 Å². The molecule has 150 valence electrons. The van der Waals surface area contributed by atoms with Gasteiger partial charge in [-0.2, -0.15) is 0 Å². The van der Waals surface area contributed by atoms with Gasteiger partial charge in [-0.25, -0.2) is 0 Å². The number of hydrogen-bond donors (Lipinski definition) is 2. The Kier molecular flexibility index (Phi) is 5.15. The lowest BCUT2D eigenvalue weighted by Gasteiger charge is -2.35. The summed E-state index contributed by atoms with van der Waals surface area (Å²) < 4.78 is 7.50. The van der Waals surface area contributed by atoms with Gasteiger partial charge in [-0.15, -0.1) is 10.2 Å². The summed E-state index contributed by atoms with van der Waals surface area (Å²) in [5.74, 6) is 1.05. The van der Waals surface area contributed by atoms with Crippen LogP contribution >= 0.6 is 0 Å². The molecule has 1 unspecified atom stereocenters. The van der Waals surface area contributed by atoms with Gasteiger partial charge in [-0.1, -0.05) is 0 Å². The number of aromatic nitrogens is 4. The van der Waals surface area contributed by atoms with Gasteiger partial charge in [0.25, 0.3) is 0 Å². The minimum absolute atomic E-state index is 0.548. The molecule has 1 saturated heterocycles. The van der Waals surface area contributed by atoms with Gasteiger partial charge in [0.15, 0.2) is 0 Å². The van der Waals surface area contributed by atoms with Crippen molar-refractivity contribution in [2.45, 2.75) is 31.8 Å². The highest BCUT2D eigenvalue weighted by atomic mass is 16.3. The third kappa shape index (κ3) is 3.97. The molecular weight excluding hydrogens is 364 g/mol. The average molecular weight is 390 g/mol. The number of furan rings is 1. The molecule has 1 aromatic carbocycles. The second kappa shape index (κ2) is 8.23. The molecule has 29 heavy (non-hydrogen) atoms. The molecule has 1 aliphatic heterocycles. The number of nitrogens with zero attached hydrogens (tertiary/aromatic N) is 4. The molecule has 2 N–H and O–H groups in total. The quantitative estimate of drug-likeness (QED) is 0.507. The lowest BCUT2D eigenvalue weighted by Crippen LogP contribution is -2.50. The predicted molar refractivity (Wildman–Crippen MR) is 112 cm³/mol. The van der Waals surface area contributed by atoms with E-state index in [1.807, 2.05) is 10.6 Å². The van der Waals surface area contributed by atoms with Crippen LogP contribution in [0.15, 0.2) is 59.9 Å². The maximum atomic E-state index is 5.56. The minimum atomic E-state index is 0.548. The summed E-state index contributed by atoms with van der Waals surface area (Å²) in [7, 11) is 0. The number of aromatic amines is 1. The second-order valence-corrected chi connectivity index (χ2v) is 7.71. The molecule has 0 amide bonds. The Morgan fingerprint density at radius 3 is 2.97 bits per heavy atom. The highest BCUT2D eigenvalue weighted by Gasteiger charge is 2.22. The molecule has 4 aromatic rings. The van der Waals surface area contributed by atoms with E-state index in [1.165, 1.54) is 22.9 Å². The summed E-state index contributed by atoms with van der Waals surface area (Å²) >= 11 is 0. The van der Waals surface area contributed by atoms with Crippen LogP contribution in [0.1, 0.15) is 24.2 Å². The summed E-state index contributed by atoms with van der Waals surface area (Å²) in [6, 6.07) is 11.0. The topological polar surface area (TPSA) is 74.9 Å². The third-order valence-corrected chi connectivity index (χ3v) is 5.86. The van der Waals surface area contributed by atoms with Gasteiger partial charge in [-0.3, -0.25) is 9.47 Å². The summed E-state index contributed by atoms with van der Waals surface area (Å²) in [6.07, 6.45) is 10.8. The SMILES string of the molecule is c1coc(CN2CCNCC2CCCc2c[nH]c3ccc(-n4cnnc4)cc23)c1. The Bertz CT molecular complexity index is 1040. The van der Waals surface area contributed by atoms with Gasteiger partial charge >= 0.3 is 0 Å². The lowest BCUT2D eigenvalue weighted by molar-refractivity contribution is 0.133. The summed E-state index contributed by atoms with van der Waals surface area (Å²) in [6.45, 7) is 4.06. The van der Waals surface area contributed by atoms with Crippen LogP contribution in [0.25, 0.3) is 16.6 Å². The molecule has 0 saturated carbocycles. The maximum Gasteiger partial charge on any atom is 0.123 e. The van der Waals surface area contributed by atoms with E-state index in [2.05, 4.69) is 55.9 Å². The second-order valence-electron chi connectivity index (χ2n) is 7.71. The van der Waals surface area contributed by atoms with Crippen molar-refractivity contribution in [2.24, 2.45) is 0 Å². The highest BCUT2D eigenvalue weighted by molar-refractivity contribution is 5.85. The molecule has 0 aliphatic carbocycles. The van der Waals surface area contributed by atoms with E-state index < -0.39 is 0 Å². The van der Waals surface area contributed by atoms with Crippen LogP contribution in [0.5, 0.6) is 0 Å². The zero-order valence-corrected chi connectivity index (χ0v) is 16.4. The van der Waals surface area contributed by atoms with Crippen LogP contribution in [0.2, 0.25) is 0 Å². The number of hydrogen-bond acceptors (Lipinski definition) is 5. The standard InChI is InChI=1S/C22H26N6O/c1(4-19-13-23-8-9-27(19)14-20-5-2-10-29-20)3-17-12-24-22-7-6-18(11-21(17)22)28-15-25-26-16-28/h2,5-7,10-12,15-16,19,23-24H,1,3-4,8-9,13-14H2. The molecule has 7 nitrogen and oxygen atoms in total. The van der Waals surface area contributed by atoms with Gasteiger partial charge in [0.1, 0.15) is 18.4 Å². The van der Waals surface area contributed by atoms with Crippen molar-refractivity contribution in [3.8, 4) is 5.69 Å². The molecule has 0 spiro atoms. The zero-order chi connectivity index (χ0) is 19.5. The Morgan fingerprint density at radius 1 is 1.17 bits per heavy atom. The van der Waals surface area contributed by atoms with Gasteiger partial charge in [0.2, 0.25) is 0 Å². The lowest BCUT2D eigenvalue weighted by atomic mass is 10.0. The fraction of sp³-hybridized carbons (Fsp3) is 0.364. The molecular formula is C22H26N6O. The van der Waals surface area contributed by atoms with Crippen molar-refractivity contribution < 1.29 is 4.42 Å². The van der Waals surface area contributed by atoms with Crippen LogP contribution in [0.3, 0.4) is 0 Å².